The molecular weight excluding hydrogens is 378 g/mol. The molecule has 0 unspecified atom stereocenters. The van der Waals surface area contributed by atoms with Crippen LogP contribution in [0.5, 0.6) is 0 Å². The van der Waals surface area contributed by atoms with E-state index in [1.54, 1.807) is 38.1 Å². The lowest BCUT2D eigenvalue weighted by atomic mass is 9.72. The lowest BCUT2D eigenvalue weighted by molar-refractivity contribution is -0.125. The molecule has 1 aliphatic rings. The Hall–Kier alpha value is -3.30. The van der Waals surface area contributed by atoms with Crippen LogP contribution in [-0.2, 0) is 14.4 Å². The summed E-state index contributed by atoms with van der Waals surface area (Å²) in [6, 6.07) is 10.7. The van der Waals surface area contributed by atoms with Gasteiger partial charge in [0.15, 0.2) is 0 Å². The van der Waals surface area contributed by atoms with Crippen molar-refractivity contribution in [3.8, 4) is 12.1 Å². The van der Waals surface area contributed by atoms with E-state index in [0.29, 0.717) is 11.4 Å². The molecule has 0 bridgehead atoms. The molecule has 28 heavy (non-hydrogen) atoms. The van der Waals surface area contributed by atoms with E-state index in [2.05, 4.69) is 16.0 Å². The zero-order chi connectivity index (χ0) is 20.9. The number of rotatable bonds is 5. The fourth-order valence-electron chi connectivity index (χ4n) is 2.75. The molecule has 0 saturated heterocycles. The van der Waals surface area contributed by atoms with Gasteiger partial charge in [0.05, 0.1) is 28.5 Å². The van der Waals surface area contributed by atoms with Crippen LogP contribution in [0.3, 0.4) is 0 Å². The SMILES string of the molecule is CC(=O)Nc1cccc(NC(=O)CSC2=C(C#N)C(C)(C)[C@H](C#N)C(=O)N2)c1. The van der Waals surface area contributed by atoms with Crippen LogP contribution in [0.2, 0.25) is 0 Å². The van der Waals surface area contributed by atoms with Crippen LogP contribution >= 0.6 is 11.8 Å². The monoisotopic (exact) mass is 397 g/mol. The van der Waals surface area contributed by atoms with Crippen molar-refractivity contribution in [3.63, 3.8) is 0 Å². The van der Waals surface area contributed by atoms with E-state index < -0.39 is 17.2 Å². The molecule has 0 fully saturated rings. The second-order valence-corrected chi connectivity index (χ2v) is 7.67. The zero-order valence-electron chi connectivity index (χ0n) is 15.6. The third-order valence-corrected chi connectivity index (χ3v) is 5.15. The summed E-state index contributed by atoms with van der Waals surface area (Å²) in [6.45, 7) is 4.71. The van der Waals surface area contributed by atoms with Crippen LogP contribution in [0.15, 0.2) is 34.9 Å². The molecule has 9 heteroatoms. The van der Waals surface area contributed by atoms with Gasteiger partial charge < -0.3 is 16.0 Å². The quantitative estimate of drug-likeness (QED) is 0.698. The summed E-state index contributed by atoms with van der Waals surface area (Å²) in [5, 5.41) is 26.9. The Balaban J connectivity index is 2.09. The Morgan fingerprint density at radius 1 is 1.25 bits per heavy atom. The van der Waals surface area contributed by atoms with Crippen molar-refractivity contribution < 1.29 is 14.4 Å². The molecule has 2 rings (SSSR count). The molecule has 8 nitrogen and oxygen atoms in total. The molecule has 144 valence electrons. The van der Waals surface area contributed by atoms with Crippen LogP contribution in [0.25, 0.3) is 0 Å². The first kappa shape index (κ1) is 21.0. The van der Waals surface area contributed by atoms with E-state index in [1.165, 1.54) is 6.92 Å². The van der Waals surface area contributed by atoms with Gasteiger partial charge in [0.25, 0.3) is 0 Å². The van der Waals surface area contributed by atoms with E-state index in [-0.39, 0.29) is 28.2 Å². The number of nitrogens with zero attached hydrogens (tertiary/aromatic N) is 2. The van der Waals surface area contributed by atoms with Crippen molar-refractivity contribution in [3.05, 3.63) is 34.9 Å². The fraction of sp³-hybridized carbons (Fsp3) is 0.316. The number of hydrogen-bond donors (Lipinski definition) is 3. The highest BCUT2D eigenvalue weighted by Crippen LogP contribution is 2.41. The van der Waals surface area contributed by atoms with Crippen LogP contribution in [-0.4, -0.2) is 23.5 Å². The number of amides is 3. The summed E-state index contributed by atoms with van der Waals surface area (Å²) in [4.78, 5) is 35.5. The zero-order valence-corrected chi connectivity index (χ0v) is 16.4. The van der Waals surface area contributed by atoms with Gasteiger partial charge in [-0.3, -0.25) is 14.4 Å². The second-order valence-electron chi connectivity index (χ2n) is 6.69. The van der Waals surface area contributed by atoms with E-state index >= 15 is 0 Å². The molecule has 0 aromatic heterocycles. The molecule has 0 radical (unpaired) electrons. The number of anilines is 2. The Kier molecular flexibility index (Phi) is 6.45. The van der Waals surface area contributed by atoms with Crippen LogP contribution < -0.4 is 16.0 Å². The molecule has 0 aliphatic carbocycles. The van der Waals surface area contributed by atoms with E-state index in [4.69, 9.17) is 0 Å². The number of nitriles is 2. The van der Waals surface area contributed by atoms with Gasteiger partial charge in [0, 0.05) is 23.7 Å². The predicted octanol–water partition coefficient (Wildman–Crippen LogP) is 2.35. The lowest BCUT2D eigenvalue weighted by Gasteiger charge is -2.34. The van der Waals surface area contributed by atoms with Gasteiger partial charge >= 0.3 is 0 Å². The summed E-state index contributed by atoms with van der Waals surface area (Å²) in [5.74, 6) is -2.07. The van der Waals surface area contributed by atoms with E-state index in [9.17, 15) is 24.9 Å². The maximum Gasteiger partial charge on any atom is 0.243 e. The highest BCUT2D eigenvalue weighted by atomic mass is 32.2. The third-order valence-electron chi connectivity index (χ3n) is 4.15. The molecule has 3 N–H and O–H groups in total. The Bertz CT molecular complexity index is 940. The van der Waals surface area contributed by atoms with Gasteiger partial charge in [0.2, 0.25) is 17.7 Å². The number of carbonyl (C=O) groups is 3. The normalized spacial score (nSPS) is 17.8. The summed E-state index contributed by atoms with van der Waals surface area (Å²) in [7, 11) is 0. The topological polar surface area (TPSA) is 135 Å². The summed E-state index contributed by atoms with van der Waals surface area (Å²) in [6.07, 6.45) is 0. The Morgan fingerprint density at radius 2 is 1.89 bits per heavy atom. The fourth-order valence-corrected chi connectivity index (χ4v) is 3.72. The third kappa shape index (κ3) is 4.70. The van der Waals surface area contributed by atoms with Crippen molar-refractivity contribution >= 4 is 40.9 Å². The van der Waals surface area contributed by atoms with Crippen molar-refractivity contribution in [2.75, 3.05) is 16.4 Å². The standard InChI is InChI=1S/C19H19N5O3S/c1-11(25)22-12-5-4-6-13(7-12)23-16(26)10-28-18-15(9-21)19(2,3)14(8-20)17(27)24-18/h4-7,14H,10H2,1-3H3,(H,22,25)(H,23,26)(H,24,27)/t14-/m1/s1. The highest BCUT2D eigenvalue weighted by Gasteiger charge is 2.44. The minimum absolute atomic E-state index is 0.0432. The van der Waals surface area contributed by atoms with Crippen molar-refractivity contribution in [1.29, 1.82) is 10.5 Å². The average Bonchev–Trinajstić information content (AvgIpc) is 2.59. The number of thioether (sulfide) groups is 1. The first-order valence-corrected chi connectivity index (χ1v) is 9.33. The molecule has 1 aliphatic heterocycles. The minimum Gasteiger partial charge on any atom is -0.326 e. The van der Waals surface area contributed by atoms with Crippen LogP contribution in [0.1, 0.15) is 20.8 Å². The summed E-state index contributed by atoms with van der Waals surface area (Å²) in [5.41, 5.74) is 0.376. The van der Waals surface area contributed by atoms with Crippen LogP contribution in [0, 0.1) is 34.0 Å². The number of nitrogens with one attached hydrogen (secondary N) is 3. The van der Waals surface area contributed by atoms with Gasteiger partial charge in [-0.15, -0.1) is 0 Å². The lowest BCUT2D eigenvalue weighted by Crippen LogP contribution is -2.44. The Morgan fingerprint density at radius 3 is 2.46 bits per heavy atom. The largest absolute Gasteiger partial charge is 0.326 e. The van der Waals surface area contributed by atoms with E-state index in [1.807, 2.05) is 12.1 Å². The molecular formula is C19H19N5O3S. The van der Waals surface area contributed by atoms with Crippen molar-refractivity contribution in [2.45, 2.75) is 20.8 Å². The molecule has 3 amide bonds. The first-order valence-electron chi connectivity index (χ1n) is 8.34. The van der Waals surface area contributed by atoms with Gasteiger partial charge in [0.1, 0.15) is 5.92 Å². The minimum atomic E-state index is -0.975. The van der Waals surface area contributed by atoms with Crippen LogP contribution in [0.4, 0.5) is 11.4 Å². The second kappa shape index (κ2) is 8.59. The van der Waals surface area contributed by atoms with Gasteiger partial charge in [-0.2, -0.15) is 10.5 Å². The molecule has 1 aromatic carbocycles. The van der Waals surface area contributed by atoms with E-state index in [0.717, 1.165) is 11.8 Å². The predicted molar refractivity (Wildman–Crippen MR) is 105 cm³/mol. The number of hydrogen-bond acceptors (Lipinski definition) is 6. The highest BCUT2D eigenvalue weighted by molar-refractivity contribution is 8.03. The summed E-state index contributed by atoms with van der Waals surface area (Å²) < 4.78 is 0. The summed E-state index contributed by atoms with van der Waals surface area (Å²) >= 11 is 1.02. The number of allylic oxidation sites excluding steroid dienone is 1. The maximum atomic E-state index is 12.3. The first-order chi connectivity index (χ1) is 13.2. The average molecular weight is 397 g/mol. The molecule has 0 saturated carbocycles. The van der Waals surface area contributed by atoms with Gasteiger partial charge in [-0.05, 0) is 18.2 Å². The maximum absolute atomic E-state index is 12.3. The van der Waals surface area contributed by atoms with Crippen molar-refractivity contribution in [1.82, 2.24) is 5.32 Å². The number of carbonyl (C=O) groups excluding carboxylic acids is 3. The molecule has 1 atom stereocenters. The smallest absolute Gasteiger partial charge is 0.243 e. The molecule has 0 spiro atoms. The van der Waals surface area contributed by atoms with Crippen molar-refractivity contribution in [2.24, 2.45) is 11.3 Å². The van der Waals surface area contributed by atoms with Gasteiger partial charge in [-0.1, -0.05) is 31.7 Å². The Labute approximate surface area is 167 Å². The van der Waals surface area contributed by atoms with Gasteiger partial charge in [-0.25, -0.2) is 0 Å². The number of benzene rings is 1. The molecule has 1 heterocycles. The molecule has 1 aromatic rings.